The van der Waals surface area contributed by atoms with Gasteiger partial charge in [-0.25, -0.2) is 4.79 Å². The lowest BCUT2D eigenvalue weighted by atomic mass is 10.1. The van der Waals surface area contributed by atoms with Gasteiger partial charge in [-0.2, -0.15) is 0 Å². The van der Waals surface area contributed by atoms with Crippen LogP contribution in [0.5, 0.6) is 0 Å². The van der Waals surface area contributed by atoms with Crippen LogP contribution >= 0.6 is 22.6 Å². The van der Waals surface area contributed by atoms with E-state index in [-0.39, 0.29) is 12.1 Å². The van der Waals surface area contributed by atoms with Crippen LogP contribution in [0.4, 0.5) is 4.79 Å². The summed E-state index contributed by atoms with van der Waals surface area (Å²) in [5, 5.41) is 2.85. The third kappa shape index (κ3) is 6.45. The zero-order chi connectivity index (χ0) is 11.4. The van der Waals surface area contributed by atoms with Crippen LogP contribution in [0.1, 0.15) is 34.6 Å². The molecule has 0 rings (SSSR count). The van der Waals surface area contributed by atoms with Crippen LogP contribution in [0.15, 0.2) is 0 Å². The molecule has 14 heavy (non-hydrogen) atoms. The average molecular weight is 313 g/mol. The number of alkyl carbamates (subject to hydrolysis) is 1. The van der Waals surface area contributed by atoms with Gasteiger partial charge in [-0.05, 0) is 26.7 Å². The summed E-state index contributed by atoms with van der Waals surface area (Å²) in [4.78, 5) is 11.4. The number of amides is 1. The normalized spacial score (nSPS) is 13.9. The summed E-state index contributed by atoms with van der Waals surface area (Å²) >= 11 is 2.27. The van der Waals surface area contributed by atoms with E-state index in [1.165, 1.54) is 0 Å². The average Bonchev–Trinajstić information content (AvgIpc) is 1.96. The molecular weight excluding hydrogens is 293 g/mol. The maximum Gasteiger partial charge on any atom is 0.407 e. The van der Waals surface area contributed by atoms with Gasteiger partial charge >= 0.3 is 6.09 Å². The Kier molecular flexibility index (Phi) is 5.78. The second kappa shape index (κ2) is 5.78. The zero-order valence-electron chi connectivity index (χ0n) is 9.56. The summed E-state index contributed by atoms with van der Waals surface area (Å²) < 4.78 is 6.06. The van der Waals surface area contributed by atoms with Crippen LogP contribution in [-0.4, -0.2) is 22.2 Å². The summed E-state index contributed by atoms with van der Waals surface area (Å²) in [7, 11) is 0. The van der Waals surface area contributed by atoms with Crippen molar-refractivity contribution in [1.82, 2.24) is 5.32 Å². The first-order valence-electron chi connectivity index (χ1n) is 4.81. The lowest BCUT2D eigenvalue weighted by Gasteiger charge is -2.24. The Morgan fingerprint density at radius 2 is 1.93 bits per heavy atom. The molecule has 0 aliphatic rings. The molecule has 0 heterocycles. The first kappa shape index (κ1) is 14.0. The quantitative estimate of drug-likeness (QED) is 0.642. The van der Waals surface area contributed by atoms with E-state index in [0.717, 1.165) is 4.43 Å². The molecule has 4 heteroatoms. The molecule has 0 aliphatic heterocycles. The van der Waals surface area contributed by atoms with Gasteiger partial charge in [0, 0.05) is 10.5 Å². The van der Waals surface area contributed by atoms with Crippen LogP contribution in [-0.2, 0) is 4.74 Å². The summed E-state index contributed by atoms with van der Waals surface area (Å²) in [6.45, 7) is 9.75. The molecule has 0 aromatic rings. The molecule has 3 nitrogen and oxygen atoms in total. The molecule has 0 saturated heterocycles. The smallest absolute Gasteiger partial charge is 0.407 e. The number of alkyl halides is 1. The van der Waals surface area contributed by atoms with E-state index in [0.29, 0.717) is 5.92 Å². The van der Waals surface area contributed by atoms with Crippen molar-refractivity contribution in [3.8, 4) is 0 Å². The molecule has 0 saturated carbocycles. The maximum absolute atomic E-state index is 11.4. The van der Waals surface area contributed by atoms with Crippen molar-refractivity contribution in [2.45, 2.75) is 46.3 Å². The van der Waals surface area contributed by atoms with Crippen LogP contribution in [0.25, 0.3) is 0 Å². The molecule has 0 bridgehead atoms. The molecule has 0 aromatic carbocycles. The van der Waals surface area contributed by atoms with Crippen molar-refractivity contribution >= 4 is 28.7 Å². The number of nitrogens with one attached hydrogen (secondary N) is 1. The van der Waals surface area contributed by atoms with Gasteiger partial charge in [0.15, 0.2) is 0 Å². The second-order valence-electron chi connectivity index (χ2n) is 4.65. The minimum Gasteiger partial charge on any atom is -0.444 e. The first-order chi connectivity index (χ1) is 6.26. The summed E-state index contributed by atoms with van der Waals surface area (Å²) in [6.07, 6.45) is -0.326. The van der Waals surface area contributed by atoms with Crippen molar-refractivity contribution in [2.24, 2.45) is 5.92 Å². The van der Waals surface area contributed by atoms with E-state index in [1.807, 2.05) is 20.8 Å². The van der Waals surface area contributed by atoms with E-state index >= 15 is 0 Å². The Balaban J connectivity index is 4.04. The Labute approximate surface area is 100 Å². The zero-order valence-corrected chi connectivity index (χ0v) is 11.7. The highest BCUT2D eigenvalue weighted by Gasteiger charge is 2.20. The highest BCUT2D eigenvalue weighted by Crippen LogP contribution is 2.09. The van der Waals surface area contributed by atoms with Gasteiger partial charge in [-0.15, -0.1) is 0 Å². The van der Waals surface area contributed by atoms with E-state index in [9.17, 15) is 4.79 Å². The number of carbonyl (C=O) groups excluding carboxylic acids is 1. The fourth-order valence-corrected chi connectivity index (χ4v) is 2.08. The van der Waals surface area contributed by atoms with Crippen molar-refractivity contribution in [1.29, 1.82) is 0 Å². The molecule has 0 aliphatic carbocycles. The van der Waals surface area contributed by atoms with E-state index in [1.54, 1.807) is 0 Å². The maximum atomic E-state index is 11.4. The van der Waals surface area contributed by atoms with Gasteiger partial charge in [0.25, 0.3) is 0 Å². The molecule has 0 aromatic heterocycles. The fraction of sp³-hybridized carbons (Fsp3) is 0.900. The van der Waals surface area contributed by atoms with Gasteiger partial charge in [0.05, 0.1) is 0 Å². The third-order valence-corrected chi connectivity index (χ3v) is 2.62. The molecule has 84 valence electrons. The molecule has 0 spiro atoms. The lowest BCUT2D eigenvalue weighted by molar-refractivity contribution is 0.0498. The van der Waals surface area contributed by atoms with Crippen molar-refractivity contribution in [2.75, 3.05) is 4.43 Å². The number of carbonyl (C=O) groups is 1. The Morgan fingerprint density at radius 1 is 1.43 bits per heavy atom. The third-order valence-electron chi connectivity index (χ3n) is 1.67. The fourth-order valence-electron chi connectivity index (χ4n) is 0.842. The number of ether oxygens (including phenoxy) is 1. The van der Waals surface area contributed by atoms with Crippen molar-refractivity contribution in [3.63, 3.8) is 0 Å². The van der Waals surface area contributed by atoms with Gasteiger partial charge in [0.2, 0.25) is 0 Å². The summed E-state index contributed by atoms with van der Waals surface area (Å²) in [5.74, 6) is 0.430. The van der Waals surface area contributed by atoms with E-state index in [4.69, 9.17) is 4.74 Å². The summed E-state index contributed by atoms with van der Waals surface area (Å²) in [6, 6.07) is 0.186. The highest BCUT2D eigenvalue weighted by molar-refractivity contribution is 14.1. The molecule has 1 N–H and O–H groups in total. The molecule has 0 radical (unpaired) electrons. The lowest BCUT2D eigenvalue weighted by Crippen LogP contribution is -2.42. The molecule has 1 amide bonds. The summed E-state index contributed by atoms with van der Waals surface area (Å²) in [5.41, 5.74) is -0.420. The predicted octanol–water partition coefficient (Wildman–Crippen LogP) is 2.97. The standard InChI is InChI=1S/C10H20INO2/c1-7(2)8(6-11)12-9(13)14-10(3,4)5/h7-8H,6H2,1-5H3,(H,12,13)/t8-/m0/s1. The molecular formula is C10H20INO2. The van der Waals surface area contributed by atoms with Gasteiger partial charge in [-0.1, -0.05) is 36.4 Å². The minimum absolute atomic E-state index is 0.186. The van der Waals surface area contributed by atoms with Gasteiger partial charge < -0.3 is 10.1 Å². The Bertz CT molecular complexity index is 187. The van der Waals surface area contributed by atoms with Crippen LogP contribution in [0.3, 0.4) is 0 Å². The van der Waals surface area contributed by atoms with Gasteiger partial charge in [0.1, 0.15) is 5.60 Å². The minimum atomic E-state index is -0.420. The molecule has 0 unspecified atom stereocenters. The van der Waals surface area contributed by atoms with Crippen molar-refractivity contribution < 1.29 is 9.53 Å². The number of hydrogen-bond acceptors (Lipinski definition) is 2. The monoisotopic (exact) mass is 313 g/mol. The Hall–Kier alpha value is 0. The second-order valence-corrected chi connectivity index (χ2v) is 5.53. The Morgan fingerprint density at radius 3 is 2.21 bits per heavy atom. The van der Waals surface area contributed by atoms with Crippen LogP contribution < -0.4 is 5.32 Å². The number of halogens is 1. The molecule has 0 fully saturated rings. The topological polar surface area (TPSA) is 38.3 Å². The first-order valence-corrected chi connectivity index (χ1v) is 6.34. The largest absolute Gasteiger partial charge is 0.444 e. The number of rotatable bonds is 3. The van der Waals surface area contributed by atoms with Crippen LogP contribution in [0.2, 0.25) is 0 Å². The van der Waals surface area contributed by atoms with E-state index in [2.05, 4.69) is 41.8 Å². The SMILES string of the molecule is CC(C)[C@H](CI)NC(=O)OC(C)(C)C. The van der Waals surface area contributed by atoms with Crippen molar-refractivity contribution in [3.05, 3.63) is 0 Å². The van der Waals surface area contributed by atoms with Crippen LogP contribution in [0, 0.1) is 5.92 Å². The van der Waals surface area contributed by atoms with E-state index < -0.39 is 5.60 Å². The van der Waals surface area contributed by atoms with Gasteiger partial charge in [-0.3, -0.25) is 0 Å². The molecule has 1 atom stereocenters. The highest BCUT2D eigenvalue weighted by atomic mass is 127. The number of hydrogen-bond donors (Lipinski definition) is 1. The predicted molar refractivity (Wildman–Crippen MR) is 66.9 cm³/mol.